The van der Waals surface area contributed by atoms with E-state index in [0.717, 1.165) is 0 Å². The molecule has 3 heterocycles. The third-order valence-electron chi connectivity index (χ3n) is 7.23. The smallest absolute Gasteiger partial charge is 0.229 e. The molecule has 2 fully saturated rings. The van der Waals surface area contributed by atoms with Crippen molar-refractivity contribution in [3.63, 3.8) is 0 Å². The highest BCUT2D eigenvalue weighted by molar-refractivity contribution is 5.97. The number of aliphatic hydroxyl groups is 6. The zero-order valence-corrected chi connectivity index (χ0v) is 22.8. The van der Waals surface area contributed by atoms with Crippen molar-refractivity contribution in [2.45, 2.75) is 55.3 Å². The van der Waals surface area contributed by atoms with Gasteiger partial charge in [-0.2, -0.15) is 0 Å². The van der Waals surface area contributed by atoms with Crippen LogP contribution in [0.5, 0.6) is 23.0 Å². The van der Waals surface area contributed by atoms with E-state index in [1.165, 1.54) is 45.6 Å². The van der Waals surface area contributed by atoms with Gasteiger partial charge in [-0.3, -0.25) is 4.79 Å². The van der Waals surface area contributed by atoms with Crippen LogP contribution in [0.2, 0.25) is 0 Å². The van der Waals surface area contributed by atoms with Crippen LogP contribution in [0, 0.1) is 0 Å². The van der Waals surface area contributed by atoms with Gasteiger partial charge in [0, 0.05) is 24.3 Å². The van der Waals surface area contributed by atoms with Gasteiger partial charge >= 0.3 is 0 Å². The van der Waals surface area contributed by atoms with E-state index >= 15 is 0 Å². The molecule has 6 N–H and O–H groups in total. The van der Waals surface area contributed by atoms with E-state index in [9.17, 15) is 35.4 Å². The molecule has 0 bridgehead atoms. The molecule has 0 unspecified atom stereocenters. The van der Waals surface area contributed by atoms with Crippen molar-refractivity contribution in [1.82, 2.24) is 0 Å². The molecular weight excluding hydrogens is 564 g/mol. The van der Waals surface area contributed by atoms with Gasteiger partial charge in [0.2, 0.25) is 11.7 Å². The summed E-state index contributed by atoms with van der Waals surface area (Å²) in [6.07, 6.45) is -14.0. The molecule has 3 aromatic rings. The number of hydrogen-bond acceptors (Lipinski definition) is 15. The molecule has 2 aromatic carbocycles. The summed E-state index contributed by atoms with van der Waals surface area (Å²) >= 11 is 0. The minimum Gasteiger partial charge on any atom is -0.496 e. The lowest BCUT2D eigenvalue weighted by Crippen LogP contribution is -2.61. The Kier molecular flexibility index (Phi) is 8.75. The van der Waals surface area contributed by atoms with Gasteiger partial charge < -0.3 is 68.2 Å². The van der Waals surface area contributed by atoms with Crippen molar-refractivity contribution >= 4 is 21.9 Å². The largest absolute Gasteiger partial charge is 0.496 e. The molecule has 9 atom stereocenters. The fraction of sp³-hybridized carbons (Fsp3) is 0.519. The monoisotopic (exact) mass is 596 g/mol. The first-order valence-corrected chi connectivity index (χ1v) is 12.9. The maximum absolute atomic E-state index is 13.8. The molecule has 1 aromatic heterocycles. The van der Waals surface area contributed by atoms with Gasteiger partial charge in [-0.1, -0.05) is 0 Å². The summed E-state index contributed by atoms with van der Waals surface area (Å²) in [6, 6.07) is 5.85. The minimum absolute atomic E-state index is 0.0535. The van der Waals surface area contributed by atoms with Gasteiger partial charge in [0.1, 0.15) is 87.7 Å². The quantitative estimate of drug-likeness (QED) is 0.165. The Bertz CT molecular complexity index is 1470. The highest BCUT2D eigenvalue weighted by atomic mass is 16.7. The van der Waals surface area contributed by atoms with E-state index < -0.39 is 67.3 Å². The Hall–Kier alpha value is -3.25. The Labute approximate surface area is 237 Å². The molecule has 0 amide bonds. The van der Waals surface area contributed by atoms with Crippen molar-refractivity contribution in [1.29, 1.82) is 0 Å². The van der Waals surface area contributed by atoms with Crippen LogP contribution in [-0.2, 0) is 14.2 Å². The van der Waals surface area contributed by atoms with Gasteiger partial charge in [0.25, 0.3) is 0 Å². The van der Waals surface area contributed by atoms with E-state index in [1.807, 2.05) is 0 Å². The van der Waals surface area contributed by atoms with Crippen LogP contribution < -0.4 is 24.4 Å². The topological polar surface area (TPSA) is 216 Å². The van der Waals surface area contributed by atoms with Crippen molar-refractivity contribution in [3.05, 3.63) is 34.5 Å². The molecule has 0 radical (unpaired) electrons. The third kappa shape index (κ3) is 5.46. The first-order chi connectivity index (χ1) is 20.1. The van der Waals surface area contributed by atoms with Crippen molar-refractivity contribution in [2.24, 2.45) is 0 Å². The molecule has 230 valence electrons. The average Bonchev–Trinajstić information content (AvgIpc) is 2.99. The van der Waals surface area contributed by atoms with Gasteiger partial charge in [-0.15, -0.1) is 0 Å². The highest BCUT2D eigenvalue weighted by Crippen LogP contribution is 2.37. The van der Waals surface area contributed by atoms with Crippen molar-refractivity contribution in [3.8, 4) is 23.0 Å². The minimum atomic E-state index is -1.78. The number of ether oxygens (including phenoxy) is 7. The molecule has 2 saturated heterocycles. The molecule has 2 aliphatic heterocycles. The van der Waals surface area contributed by atoms with Gasteiger partial charge in [0.05, 0.1) is 34.5 Å². The molecule has 0 aliphatic carbocycles. The zero-order chi connectivity index (χ0) is 30.3. The molecule has 0 saturated carbocycles. The van der Waals surface area contributed by atoms with E-state index in [0.29, 0.717) is 5.75 Å². The molecule has 5 rings (SSSR count). The van der Waals surface area contributed by atoms with Crippen LogP contribution in [0.4, 0.5) is 0 Å². The third-order valence-corrected chi connectivity index (χ3v) is 7.23. The van der Waals surface area contributed by atoms with Crippen LogP contribution in [0.15, 0.2) is 33.5 Å². The van der Waals surface area contributed by atoms with Crippen LogP contribution in [0.1, 0.15) is 0 Å². The summed E-state index contributed by atoms with van der Waals surface area (Å²) in [5.41, 5.74) is -0.317. The maximum atomic E-state index is 13.8. The number of benzene rings is 2. The normalized spacial score (nSPS) is 31.7. The first kappa shape index (κ1) is 30.2. The van der Waals surface area contributed by atoms with Crippen molar-refractivity contribution < 1.29 is 68.2 Å². The summed E-state index contributed by atoms with van der Waals surface area (Å²) in [5.74, 6) is 0.659. The average molecular weight is 597 g/mol. The summed E-state index contributed by atoms with van der Waals surface area (Å²) in [6.45, 7) is -0.804. The van der Waals surface area contributed by atoms with Crippen LogP contribution in [-0.4, -0.2) is 120 Å². The first-order valence-electron chi connectivity index (χ1n) is 12.9. The fourth-order valence-electron chi connectivity index (χ4n) is 4.87. The second-order valence-electron chi connectivity index (χ2n) is 9.85. The molecule has 0 spiro atoms. The number of aliphatic hydroxyl groups excluding tert-OH is 6. The second-order valence-corrected chi connectivity index (χ2v) is 9.85. The number of fused-ring (bicyclic) bond motifs is 2. The molecule has 15 heteroatoms. The Balaban J connectivity index is 1.47. The molecule has 2 aliphatic rings. The second kappa shape index (κ2) is 12.2. The summed E-state index contributed by atoms with van der Waals surface area (Å²) < 4.78 is 44.2. The van der Waals surface area contributed by atoms with Crippen molar-refractivity contribution in [2.75, 3.05) is 34.5 Å². The lowest BCUT2D eigenvalue weighted by atomic mass is 9.99. The number of hydrogen-bond donors (Lipinski definition) is 6. The lowest BCUT2D eigenvalue weighted by molar-refractivity contribution is -0.307. The molecule has 15 nitrogen and oxygen atoms in total. The van der Waals surface area contributed by atoms with Crippen LogP contribution in [0.3, 0.4) is 0 Å². The van der Waals surface area contributed by atoms with Crippen LogP contribution >= 0.6 is 0 Å². The summed E-state index contributed by atoms with van der Waals surface area (Å²) in [5, 5.41) is 61.4. The Morgan fingerprint density at radius 2 is 1.33 bits per heavy atom. The van der Waals surface area contributed by atoms with Gasteiger partial charge in [-0.05, 0) is 0 Å². The number of methoxy groups -OCH3 is 3. The van der Waals surface area contributed by atoms with E-state index in [-0.39, 0.29) is 45.8 Å². The predicted molar refractivity (Wildman–Crippen MR) is 141 cm³/mol. The molecule has 42 heavy (non-hydrogen) atoms. The Morgan fingerprint density at radius 1 is 0.738 bits per heavy atom. The van der Waals surface area contributed by atoms with Crippen LogP contribution in [0.25, 0.3) is 21.9 Å². The SMILES string of the molecule is COc1cc(OC)c2c(=O)c3c(O[C@@H]4O[C@H](CO[C@@H]5OC[C@@H](O)[C@H](O)[C@H]5O)[C@@H](O)[C@H](O)[C@H]4O)cc(OC)cc3oc2c1. The summed E-state index contributed by atoms with van der Waals surface area (Å²) in [4.78, 5) is 13.8. The van der Waals surface area contributed by atoms with E-state index in [4.69, 9.17) is 37.6 Å². The Morgan fingerprint density at radius 3 is 1.95 bits per heavy atom. The zero-order valence-electron chi connectivity index (χ0n) is 22.8. The van der Waals surface area contributed by atoms with E-state index in [1.54, 1.807) is 0 Å². The lowest BCUT2D eigenvalue weighted by Gasteiger charge is -2.41. The highest BCUT2D eigenvalue weighted by Gasteiger charge is 2.46. The van der Waals surface area contributed by atoms with E-state index in [2.05, 4.69) is 0 Å². The maximum Gasteiger partial charge on any atom is 0.229 e. The molecular formula is C27H32O15. The fourth-order valence-corrected chi connectivity index (χ4v) is 4.87. The number of rotatable bonds is 8. The van der Waals surface area contributed by atoms with Gasteiger partial charge in [-0.25, -0.2) is 0 Å². The predicted octanol–water partition coefficient (Wildman–Crippen LogP) is -1.39. The standard InChI is InChI=1S/C27H32O15/c1-35-10-4-13(37-3)18-14(5-10)40-15-6-11(36-2)7-16(19(15)22(18)31)41-27-25(34)23(32)21(30)17(42-27)9-39-26-24(33)20(29)12(28)8-38-26/h4-7,12,17,20-21,23-30,32-34H,8-9H2,1-3H3/t12-,17-,20+,21-,23+,24-,25-,26+,27-/m1/s1. The van der Waals surface area contributed by atoms with Gasteiger partial charge in [0.15, 0.2) is 6.29 Å². The summed E-state index contributed by atoms with van der Waals surface area (Å²) in [7, 11) is 4.21.